The summed E-state index contributed by atoms with van der Waals surface area (Å²) in [5.74, 6) is -0.502. The van der Waals surface area contributed by atoms with Crippen LogP contribution >= 0.6 is 35.0 Å². The molecule has 0 saturated heterocycles. The van der Waals surface area contributed by atoms with Gasteiger partial charge in [0.1, 0.15) is 0 Å². The lowest BCUT2D eigenvalue weighted by Gasteiger charge is -2.01. The molecule has 1 aromatic rings. The molecule has 0 aliphatic carbocycles. The van der Waals surface area contributed by atoms with Crippen LogP contribution in [0.1, 0.15) is 0 Å². The molecule has 2 nitrogen and oxygen atoms in total. The molecule has 0 fully saturated rings. The molecule has 0 heterocycles. The maximum absolute atomic E-state index is 10.4. The predicted molar refractivity (Wildman–Crippen MR) is 55.3 cm³/mol. The smallest absolute Gasteiger partial charge is 0.248 e. The van der Waals surface area contributed by atoms with Crippen molar-refractivity contribution in [1.29, 1.82) is 0 Å². The molecule has 0 unspecified atom stereocenters. The Bertz CT molecular complexity index is 330. The standard InChI is InChI=1S/C8H6Cl2NOS/c9-5-1-2-7(6(10)3-5)13-4-8(11)12/h1-3,11H,4H2. The lowest BCUT2D eigenvalue weighted by atomic mass is 10.4. The highest BCUT2D eigenvalue weighted by atomic mass is 35.5. The van der Waals surface area contributed by atoms with E-state index in [2.05, 4.69) is 0 Å². The first kappa shape index (κ1) is 10.7. The molecule has 1 rings (SSSR count). The van der Waals surface area contributed by atoms with Crippen LogP contribution in [0.3, 0.4) is 0 Å². The highest BCUT2D eigenvalue weighted by Crippen LogP contribution is 2.29. The molecule has 0 aliphatic rings. The predicted octanol–water partition coefficient (Wildman–Crippen LogP) is 2.90. The van der Waals surface area contributed by atoms with Gasteiger partial charge in [0.25, 0.3) is 0 Å². The van der Waals surface area contributed by atoms with Crippen LogP contribution in [0, 0.1) is 0 Å². The molecular formula is C8H6Cl2NOS. The number of hydrogen-bond acceptors (Lipinski definition) is 2. The Labute approximate surface area is 90.4 Å². The fourth-order valence-corrected chi connectivity index (χ4v) is 1.96. The lowest BCUT2D eigenvalue weighted by molar-refractivity contribution is -0.116. The summed E-state index contributed by atoms with van der Waals surface area (Å²) < 4.78 is 0. The molecule has 0 bridgehead atoms. The first-order valence-electron chi connectivity index (χ1n) is 3.42. The highest BCUT2D eigenvalue weighted by molar-refractivity contribution is 8.00. The van der Waals surface area contributed by atoms with Crippen LogP contribution in [0.2, 0.25) is 10.0 Å². The Hall–Kier alpha value is -0.380. The van der Waals surface area contributed by atoms with E-state index in [1.54, 1.807) is 18.2 Å². The average Bonchev–Trinajstić information content (AvgIpc) is 2.02. The van der Waals surface area contributed by atoms with Gasteiger partial charge < -0.3 is 0 Å². The van der Waals surface area contributed by atoms with E-state index in [1.807, 2.05) is 0 Å². The molecule has 13 heavy (non-hydrogen) atoms. The summed E-state index contributed by atoms with van der Waals surface area (Å²) in [5, 5.41) is 1.07. The highest BCUT2D eigenvalue weighted by Gasteiger charge is 2.03. The summed E-state index contributed by atoms with van der Waals surface area (Å²) in [7, 11) is 0. The Kier molecular flexibility index (Phi) is 3.90. The third-order valence-corrected chi connectivity index (χ3v) is 2.99. The SMILES string of the molecule is [NH]C(=O)CSc1ccc(Cl)cc1Cl. The van der Waals surface area contributed by atoms with E-state index in [-0.39, 0.29) is 5.75 Å². The minimum atomic E-state index is -0.615. The first-order chi connectivity index (χ1) is 6.09. The molecule has 0 atom stereocenters. The van der Waals surface area contributed by atoms with Crippen molar-refractivity contribution in [3.8, 4) is 0 Å². The van der Waals surface area contributed by atoms with Crippen LogP contribution < -0.4 is 5.73 Å². The first-order valence-corrected chi connectivity index (χ1v) is 5.16. The van der Waals surface area contributed by atoms with Crippen molar-refractivity contribution in [2.75, 3.05) is 5.75 Å². The summed E-state index contributed by atoms with van der Waals surface area (Å²) >= 11 is 12.8. The molecule has 0 aliphatic heterocycles. The van der Waals surface area contributed by atoms with E-state index in [1.165, 1.54) is 11.8 Å². The van der Waals surface area contributed by atoms with Gasteiger partial charge >= 0.3 is 0 Å². The fourth-order valence-electron chi connectivity index (χ4n) is 0.736. The van der Waals surface area contributed by atoms with Crippen LogP contribution in [0.25, 0.3) is 0 Å². The maximum atomic E-state index is 10.4. The molecule has 69 valence electrons. The minimum Gasteiger partial charge on any atom is -0.272 e. The van der Waals surface area contributed by atoms with Gasteiger partial charge in [0, 0.05) is 9.92 Å². The molecule has 0 aromatic heterocycles. The van der Waals surface area contributed by atoms with Crippen molar-refractivity contribution >= 4 is 40.9 Å². The number of nitrogens with one attached hydrogen (secondary N) is 1. The van der Waals surface area contributed by atoms with Crippen LogP contribution in [0.15, 0.2) is 23.1 Å². The van der Waals surface area contributed by atoms with Gasteiger partial charge in [-0.05, 0) is 18.2 Å². The summed E-state index contributed by atoms with van der Waals surface area (Å²) in [4.78, 5) is 11.1. The largest absolute Gasteiger partial charge is 0.272 e. The quantitative estimate of drug-likeness (QED) is 0.755. The van der Waals surface area contributed by atoms with Crippen molar-refractivity contribution in [3.63, 3.8) is 0 Å². The number of carbonyl (C=O) groups is 1. The second kappa shape index (κ2) is 4.74. The number of rotatable bonds is 3. The van der Waals surface area contributed by atoms with Crippen LogP contribution in [0.5, 0.6) is 0 Å². The third-order valence-electron chi connectivity index (χ3n) is 1.25. The van der Waals surface area contributed by atoms with Gasteiger partial charge in [-0.15, -0.1) is 11.8 Å². The van der Waals surface area contributed by atoms with Gasteiger partial charge in [-0.3, -0.25) is 10.5 Å². The van der Waals surface area contributed by atoms with Gasteiger partial charge in [0.05, 0.1) is 10.8 Å². The van der Waals surface area contributed by atoms with Crippen molar-refractivity contribution in [2.45, 2.75) is 4.90 Å². The number of benzene rings is 1. The zero-order chi connectivity index (χ0) is 9.84. The molecule has 1 radical (unpaired) electrons. The monoisotopic (exact) mass is 234 g/mol. The van der Waals surface area contributed by atoms with Gasteiger partial charge in [-0.2, -0.15) is 0 Å². The minimum absolute atomic E-state index is 0.112. The Morgan fingerprint density at radius 3 is 2.69 bits per heavy atom. The van der Waals surface area contributed by atoms with E-state index in [4.69, 9.17) is 28.9 Å². The Balaban J connectivity index is 2.72. The van der Waals surface area contributed by atoms with Gasteiger partial charge in [-0.1, -0.05) is 23.2 Å². The van der Waals surface area contributed by atoms with Crippen LogP contribution in [0.4, 0.5) is 0 Å². The molecule has 0 saturated carbocycles. The third kappa shape index (κ3) is 3.46. The second-order valence-corrected chi connectivity index (χ2v) is 4.15. The summed E-state index contributed by atoms with van der Waals surface area (Å²) in [6.07, 6.45) is 0. The van der Waals surface area contributed by atoms with E-state index in [0.717, 1.165) is 4.90 Å². The van der Waals surface area contributed by atoms with E-state index < -0.39 is 5.91 Å². The van der Waals surface area contributed by atoms with Gasteiger partial charge in [-0.25, -0.2) is 0 Å². The molecule has 0 spiro atoms. The van der Waals surface area contributed by atoms with Crippen molar-refractivity contribution in [2.24, 2.45) is 0 Å². The number of thioether (sulfide) groups is 1. The number of carbonyl (C=O) groups excluding carboxylic acids is 1. The second-order valence-electron chi connectivity index (χ2n) is 2.29. The topological polar surface area (TPSA) is 40.9 Å². The molecule has 1 amide bonds. The van der Waals surface area contributed by atoms with Gasteiger partial charge in [0.15, 0.2) is 0 Å². The van der Waals surface area contributed by atoms with Crippen molar-refractivity contribution in [3.05, 3.63) is 28.2 Å². The van der Waals surface area contributed by atoms with E-state index in [0.29, 0.717) is 10.0 Å². The van der Waals surface area contributed by atoms with Crippen molar-refractivity contribution in [1.82, 2.24) is 5.73 Å². The Morgan fingerprint density at radius 1 is 1.46 bits per heavy atom. The Morgan fingerprint density at radius 2 is 2.15 bits per heavy atom. The molecule has 1 N–H and O–H groups in total. The van der Waals surface area contributed by atoms with Crippen molar-refractivity contribution < 1.29 is 4.79 Å². The molecule has 5 heteroatoms. The fraction of sp³-hybridized carbons (Fsp3) is 0.125. The van der Waals surface area contributed by atoms with Crippen LogP contribution in [-0.2, 0) is 4.79 Å². The number of amides is 1. The zero-order valence-electron chi connectivity index (χ0n) is 6.51. The maximum Gasteiger partial charge on any atom is 0.248 e. The average molecular weight is 235 g/mol. The summed E-state index contributed by atoms with van der Waals surface area (Å²) in [6.45, 7) is 0. The normalized spacial score (nSPS) is 10.0. The van der Waals surface area contributed by atoms with Gasteiger partial charge in [0.2, 0.25) is 5.91 Å². The molecule has 1 aromatic carbocycles. The molecular weight excluding hydrogens is 229 g/mol. The van der Waals surface area contributed by atoms with E-state index >= 15 is 0 Å². The summed E-state index contributed by atoms with van der Waals surface area (Å²) in [5.41, 5.74) is 6.71. The summed E-state index contributed by atoms with van der Waals surface area (Å²) in [6, 6.07) is 5.04. The van der Waals surface area contributed by atoms with E-state index in [9.17, 15) is 4.79 Å². The lowest BCUT2D eigenvalue weighted by Crippen LogP contribution is -2.00. The number of hydrogen-bond donors (Lipinski definition) is 0. The number of halogens is 2. The zero-order valence-corrected chi connectivity index (χ0v) is 8.84. The van der Waals surface area contributed by atoms with Crippen LogP contribution in [-0.4, -0.2) is 11.7 Å².